The number of rotatable bonds is 8. The van der Waals surface area contributed by atoms with Gasteiger partial charge < -0.3 is 9.84 Å². The molecule has 0 spiro atoms. The Bertz CT molecular complexity index is 1040. The SMILES string of the molecule is COc1cc(/C=N\NC(=O)[C@H](C)NS(=O)(=O)c2ccc([N+](=O)[O-])cc2)ccc1O. The number of sulfonamides is 1. The second-order valence-electron chi connectivity index (χ2n) is 5.76. The molecule has 0 aliphatic carbocycles. The van der Waals surface area contributed by atoms with Crippen molar-refractivity contribution in [1.29, 1.82) is 0 Å². The van der Waals surface area contributed by atoms with Gasteiger partial charge in [-0.1, -0.05) is 0 Å². The van der Waals surface area contributed by atoms with Crippen molar-refractivity contribution in [3.63, 3.8) is 0 Å². The minimum atomic E-state index is -4.07. The molecule has 2 aromatic carbocycles. The highest BCUT2D eigenvalue weighted by Crippen LogP contribution is 2.25. The Morgan fingerprint density at radius 2 is 1.93 bits per heavy atom. The molecule has 0 saturated carbocycles. The quantitative estimate of drug-likeness (QED) is 0.326. The summed E-state index contributed by atoms with van der Waals surface area (Å²) in [5.74, 6) is -0.551. The summed E-state index contributed by atoms with van der Waals surface area (Å²) in [6.07, 6.45) is 1.29. The number of nitro benzene ring substituents is 1. The van der Waals surface area contributed by atoms with E-state index in [1.807, 2.05) is 0 Å². The van der Waals surface area contributed by atoms with Crippen LogP contribution in [-0.4, -0.2) is 43.7 Å². The number of hydrazone groups is 1. The number of ether oxygens (including phenoxy) is 1. The van der Waals surface area contributed by atoms with Gasteiger partial charge in [-0.15, -0.1) is 0 Å². The first-order chi connectivity index (χ1) is 13.6. The highest BCUT2D eigenvalue weighted by Gasteiger charge is 2.22. The summed E-state index contributed by atoms with van der Waals surface area (Å²) < 4.78 is 31.7. The predicted molar refractivity (Wildman–Crippen MR) is 103 cm³/mol. The summed E-state index contributed by atoms with van der Waals surface area (Å²) in [5.41, 5.74) is 2.46. The van der Waals surface area contributed by atoms with Gasteiger partial charge in [0.25, 0.3) is 11.6 Å². The van der Waals surface area contributed by atoms with E-state index in [0.29, 0.717) is 5.56 Å². The summed E-state index contributed by atoms with van der Waals surface area (Å²) in [6.45, 7) is 1.32. The molecule has 12 heteroatoms. The number of nitro groups is 1. The van der Waals surface area contributed by atoms with Crippen LogP contribution in [0.25, 0.3) is 0 Å². The van der Waals surface area contributed by atoms with E-state index in [2.05, 4.69) is 15.2 Å². The van der Waals surface area contributed by atoms with Gasteiger partial charge in [-0.3, -0.25) is 14.9 Å². The van der Waals surface area contributed by atoms with Crippen LogP contribution < -0.4 is 14.9 Å². The van der Waals surface area contributed by atoms with E-state index >= 15 is 0 Å². The molecule has 0 aliphatic heterocycles. The Hall–Kier alpha value is -3.51. The number of phenolic OH excluding ortho intramolecular Hbond substituents is 1. The van der Waals surface area contributed by atoms with Crippen LogP contribution in [0, 0.1) is 10.1 Å². The van der Waals surface area contributed by atoms with E-state index < -0.39 is 26.9 Å². The maximum atomic E-state index is 12.3. The van der Waals surface area contributed by atoms with Crippen molar-refractivity contribution in [2.75, 3.05) is 7.11 Å². The van der Waals surface area contributed by atoms with E-state index in [1.54, 1.807) is 0 Å². The van der Waals surface area contributed by atoms with Crippen LogP contribution in [0.1, 0.15) is 12.5 Å². The van der Waals surface area contributed by atoms with E-state index in [1.165, 1.54) is 38.4 Å². The predicted octanol–water partition coefficient (Wildman–Crippen LogP) is 1.13. The molecule has 0 heterocycles. The third-order valence-corrected chi connectivity index (χ3v) is 5.23. The first-order valence-electron chi connectivity index (χ1n) is 8.11. The zero-order chi connectivity index (χ0) is 21.6. The fourth-order valence-electron chi connectivity index (χ4n) is 2.14. The van der Waals surface area contributed by atoms with Crippen molar-refractivity contribution in [1.82, 2.24) is 10.1 Å². The highest BCUT2D eigenvalue weighted by molar-refractivity contribution is 7.89. The molecule has 11 nitrogen and oxygen atoms in total. The van der Waals surface area contributed by atoms with Crippen molar-refractivity contribution in [3.8, 4) is 11.5 Å². The molecule has 0 unspecified atom stereocenters. The molecular formula is C17H18N4O7S. The van der Waals surface area contributed by atoms with Gasteiger partial charge in [0.1, 0.15) is 0 Å². The van der Waals surface area contributed by atoms with Crippen molar-refractivity contribution in [3.05, 3.63) is 58.1 Å². The average Bonchev–Trinajstić information content (AvgIpc) is 2.68. The molecule has 29 heavy (non-hydrogen) atoms. The van der Waals surface area contributed by atoms with E-state index in [0.717, 1.165) is 24.3 Å². The molecule has 154 valence electrons. The third-order valence-electron chi connectivity index (χ3n) is 3.68. The minimum absolute atomic E-state index is 0.0528. The molecule has 1 amide bonds. The molecule has 2 aromatic rings. The second kappa shape index (κ2) is 9.12. The maximum Gasteiger partial charge on any atom is 0.269 e. The lowest BCUT2D eigenvalue weighted by atomic mass is 10.2. The van der Waals surface area contributed by atoms with Gasteiger partial charge in [0.05, 0.1) is 29.2 Å². The average molecular weight is 422 g/mol. The van der Waals surface area contributed by atoms with Gasteiger partial charge in [0.2, 0.25) is 10.0 Å². The van der Waals surface area contributed by atoms with Crippen LogP contribution in [0.3, 0.4) is 0 Å². The number of amides is 1. The van der Waals surface area contributed by atoms with Crippen LogP contribution >= 0.6 is 0 Å². The van der Waals surface area contributed by atoms with Crippen molar-refractivity contribution < 1.29 is 28.0 Å². The Kier molecular flexibility index (Phi) is 6.85. The summed E-state index contributed by atoms with van der Waals surface area (Å²) in [5, 5.41) is 23.9. The molecular weight excluding hydrogens is 404 g/mol. The second-order valence-corrected chi connectivity index (χ2v) is 7.47. The number of nitrogens with zero attached hydrogens (tertiary/aromatic N) is 2. The Labute approximate surface area is 166 Å². The lowest BCUT2D eigenvalue weighted by Gasteiger charge is -2.12. The number of methoxy groups -OCH3 is 1. The van der Waals surface area contributed by atoms with Crippen molar-refractivity contribution in [2.45, 2.75) is 17.9 Å². The number of hydrogen-bond donors (Lipinski definition) is 3. The molecule has 3 N–H and O–H groups in total. The topological polar surface area (TPSA) is 160 Å². The number of carbonyl (C=O) groups excluding carboxylic acids is 1. The monoisotopic (exact) mass is 422 g/mol. The maximum absolute atomic E-state index is 12.3. The van der Waals surface area contributed by atoms with Crippen molar-refractivity contribution in [2.24, 2.45) is 5.10 Å². The van der Waals surface area contributed by atoms with Gasteiger partial charge in [-0.05, 0) is 42.8 Å². The highest BCUT2D eigenvalue weighted by atomic mass is 32.2. The number of hydrogen-bond acceptors (Lipinski definition) is 8. The molecule has 2 rings (SSSR count). The van der Waals surface area contributed by atoms with Crippen LogP contribution in [-0.2, 0) is 14.8 Å². The number of phenols is 1. The van der Waals surface area contributed by atoms with Gasteiger partial charge in [-0.2, -0.15) is 9.82 Å². The fourth-order valence-corrected chi connectivity index (χ4v) is 3.35. The van der Waals surface area contributed by atoms with Gasteiger partial charge in [0.15, 0.2) is 11.5 Å². The zero-order valence-electron chi connectivity index (χ0n) is 15.4. The zero-order valence-corrected chi connectivity index (χ0v) is 16.2. The van der Waals surface area contributed by atoms with E-state index in [-0.39, 0.29) is 22.1 Å². The smallest absolute Gasteiger partial charge is 0.269 e. The summed E-state index contributed by atoms with van der Waals surface area (Å²) >= 11 is 0. The lowest BCUT2D eigenvalue weighted by molar-refractivity contribution is -0.384. The third kappa shape index (κ3) is 5.73. The molecule has 0 bridgehead atoms. The molecule has 1 atom stereocenters. The number of carbonyl (C=O) groups is 1. The molecule has 0 aliphatic rings. The standard InChI is InChI=1S/C17H18N4O7S/c1-11(20-29(26,27)14-6-4-13(5-7-14)21(24)25)17(23)19-18-10-12-3-8-15(22)16(9-12)28-2/h3-11,20,22H,1-2H3,(H,19,23)/b18-10-/t11-/m0/s1. The van der Waals surface area contributed by atoms with Crippen LogP contribution in [0.4, 0.5) is 5.69 Å². The fraction of sp³-hybridized carbons (Fsp3) is 0.176. The van der Waals surface area contributed by atoms with Gasteiger partial charge >= 0.3 is 0 Å². The largest absolute Gasteiger partial charge is 0.504 e. The number of benzene rings is 2. The molecule has 0 saturated heterocycles. The number of nitrogens with one attached hydrogen (secondary N) is 2. The normalized spacial score (nSPS) is 12.5. The van der Waals surface area contributed by atoms with Gasteiger partial charge in [-0.25, -0.2) is 13.8 Å². The Balaban J connectivity index is 1.99. The lowest BCUT2D eigenvalue weighted by Crippen LogP contribution is -2.43. The van der Waals surface area contributed by atoms with Crippen LogP contribution in [0.5, 0.6) is 11.5 Å². The summed E-state index contributed by atoms with van der Waals surface area (Å²) in [6, 6.07) is 7.50. The molecule has 0 aromatic heterocycles. The van der Waals surface area contributed by atoms with Gasteiger partial charge in [0, 0.05) is 12.1 Å². The minimum Gasteiger partial charge on any atom is -0.504 e. The van der Waals surface area contributed by atoms with Crippen LogP contribution in [0.15, 0.2) is 52.5 Å². The Morgan fingerprint density at radius 3 is 2.52 bits per heavy atom. The molecule has 0 radical (unpaired) electrons. The molecule has 0 fully saturated rings. The number of aromatic hydroxyl groups is 1. The van der Waals surface area contributed by atoms with Crippen molar-refractivity contribution >= 4 is 27.8 Å². The van der Waals surface area contributed by atoms with E-state index in [4.69, 9.17) is 4.74 Å². The van der Waals surface area contributed by atoms with Crippen LogP contribution in [0.2, 0.25) is 0 Å². The van der Waals surface area contributed by atoms with E-state index in [9.17, 15) is 28.4 Å². The number of non-ortho nitro benzene ring substituents is 1. The summed E-state index contributed by atoms with van der Waals surface area (Å²) in [4.78, 5) is 21.8. The first-order valence-corrected chi connectivity index (χ1v) is 9.59. The summed E-state index contributed by atoms with van der Waals surface area (Å²) in [7, 11) is -2.68. The Morgan fingerprint density at radius 1 is 1.28 bits per heavy atom. The first kappa shape index (κ1) is 21.8.